The molecular weight excluding hydrogens is 289 g/mol. The number of ether oxygens (including phenoxy) is 1. The number of hydrogen-bond donors (Lipinski definition) is 2. The number of rotatable bonds is 8. The Kier molecular flexibility index (Phi) is 6.32. The number of benzene rings is 1. The van der Waals surface area contributed by atoms with E-state index in [1.54, 1.807) is 23.5 Å². The van der Waals surface area contributed by atoms with Crippen LogP contribution >= 0.6 is 11.3 Å². The smallest absolute Gasteiger partial charge is 0.123 e. The summed E-state index contributed by atoms with van der Waals surface area (Å²) in [4.78, 5) is 1.15. The van der Waals surface area contributed by atoms with Gasteiger partial charge in [-0.15, -0.1) is 11.3 Å². The topological polar surface area (TPSA) is 41.5 Å². The van der Waals surface area contributed by atoms with Crippen LogP contribution in [0.5, 0.6) is 0 Å². The fourth-order valence-electron chi connectivity index (χ4n) is 1.93. The van der Waals surface area contributed by atoms with Crippen molar-refractivity contribution in [1.82, 2.24) is 5.32 Å². The third-order valence-electron chi connectivity index (χ3n) is 3.16. The van der Waals surface area contributed by atoms with Gasteiger partial charge >= 0.3 is 0 Å². The molecule has 0 bridgehead atoms. The fourth-order valence-corrected chi connectivity index (χ4v) is 2.57. The summed E-state index contributed by atoms with van der Waals surface area (Å²) in [6.07, 6.45) is -0.562. The fraction of sp³-hybridized carbons (Fsp3) is 0.375. The van der Waals surface area contributed by atoms with E-state index in [1.807, 2.05) is 24.4 Å². The number of nitrogens with one attached hydrogen (secondary N) is 1. The summed E-state index contributed by atoms with van der Waals surface area (Å²) in [6.45, 7) is 3.23. The van der Waals surface area contributed by atoms with Crippen molar-refractivity contribution < 1.29 is 14.2 Å². The summed E-state index contributed by atoms with van der Waals surface area (Å²) in [5.41, 5.74) is 0.989. The predicted molar refractivity (Wildman–Crippen MR) is 82.8 cm³/mol. The van der Waals surface area contributed by atoms with Crippen LogP contribution in [0.4, 0.5) is 4.39 Å². The van der Waals surface area contributed by atoms with Crippen LogP contribution in [0, 0.1) is 5.82 Å². The summed E-state index contributed by atoms with van der Waals surface area (Å²) in [5, 5.41) is 15.1. The van der Waals surface area contributed by atoms with Crippen LogP contribution in [0.25, 0.3) is 0 Å². The molecule has 21 heavy (non-hydrogen) atoms. The van der Waals surface area contributed by atoms with Crippen LogP contribution in [-0.2, 0) is 11.3 Å². The Morgan fingerprint density at radius 2 is 2.05 bits per heavy atom. The largest absolute Gasteiger partial charge is 0.389 e. The Labute approximate surface area is 128 Å². The zero-order chi connectivity index (χ0) is 15.1. The average molecular weight is 309 g/mol. The maximum absolute atomic E-state index is 12.8. The van der Waals surface area contributed by atoms with Crippen LogP contribution in [0.15, 0.2) is 41.8 Å². The molecule has 0 saturated heterocycles. The molecule has 1 aromatic carbocycles. The number of hydrogen-bond acceptors (Lipinski definition) is 4. The van der Waals surface area contributed by atoms with E-state index in [1.165, 1.54) is 12.1 Å². The highest BCUT2D eigenvalue weighted by Crippen LogP contribution is 2.13. The average Bonchev–Trinajstić information content (AvgIpc) is 2.99. The summed E-state index contributed by atoms with van der Waals surface area (Å²) >= 11 is 1.64. The molecule has 2 N–H and O–H groups in total. The Hall–Kier alpha value is -1.27. The lowest BCUT2D eigenvalue weighted by Gasteiger charge is -2.17. The molecule has 2 rings (SSSR count). The Morgan fingerprint density at radius 3 is 2.71 bits per heavy atom. The molecule has 0 aliphatic heterocycles. The van der Waals surface area contributed by atoms with Gasteiger partial charge in [0.2, 0.25) is 0 Å². The van der Waals surface area contributed by atoms with Crippen LogP contribution < -0.4 is 5.32 Å². The van der Waals surface area contributed by atoms with Crippen molar-refractivity contribution >= 4 is 11.3 Å². The predicted octanol–water partition coefficient (Wildman–Crippen LogP) is 3.12. The number of thiophene rings is 1. The van der Waals surface area contributed by atoms with Gasteiger partial charge < -0.3 is 15.2 Å². The van der Waals surface area contributed by atoms with Crippen LogP contribution in [0.2, 0.25) is 0 Å². The third-order valence-corrected chi connectivity index (χ3v) is 4.01. The quantitative estimate of drug-likeness (QED) is 0.787. The van der Waals surface area contributed by atoms with Crippen LogP contribution in [-0.4, -0.2) is 24.4 Å². The molecule has 0 amide bonds. The first-order chi connectivity index (χ1) is 10.1. The molecule has 0 aliphatic carbocycles. The third kappa shape index (κ3) is 5.55. The zero-order valence-corrected chi connectivity index (χ0v) is 12.8. The van der Waals surface area contributed by atoms with E-state index >= 15 is 0 Å². The summed E-state index contributed by atoms with van der Waals surface area (Å²) in [7, 11) is 0. The molecule has 0 saturated carbocycles. The van der Waals surface area contributed by atoms with E-state index < -0.39 is 6.10 Å². The Morgan fingerprint density at radius 1 is 1.29 bits per heavy atom. The van der Waals surface area contributed by atoms with Crippen molar-refractivity contribution in [2.24, 2.45) is 0 Å². The lowest BCUT2D eigenvalue weighted by Crippen LogP contribution is -2.32. The molecule has 1 unspecified atom stereocenters. The second kappa shape index (κ2) is 8.24. The van der Waals surface area contributed by atoms with E-state index in [2.05, 4.69) is 5.32 Å². The second-order valence-electron chi connectivity index (χ2n) is 4.93. The molecule has 0 spiro atoms. The molecule has 0 radical (unpaired) electrons. The molecular formula is C16H20FNO2S. The van der Waals surface area contributed by atoms with E-state index in [0.29, 0.717) is 19.8 Å². The highest BCUT2D eigenvalue weighted by atomic mass is 32.1. The minimum atomic E-state index is -0.562. The molecule has 3 nitrogen and oxygen atoms in total. The molecule has 2 atom stereocenters. The van der Waals surface area contributed by atoms with Crippen LogP contribution in [0.1, 0.15) is 23.4 Å². The van der Waals surface area contributed by atoms with Crippen molar-refractivity contribution in [3.05, 3.63) is 58.0 Å². The Balaban J connectivity index is 1.66. The lowest BCUT2D eigenvalue weighted by atomic mass is 10.1. The van der Waals surface area contributed by atoms with E-state index in [9.17, 15) is 9.50 Å². The van der Waals surface area contributed by atoms with Gasteiger partial charge in [0.05, 0.1) is 19.3 Å². The maximum Gasteiger partial charge on any atom is 0.123 e. The number of aliphatic hydroxyl groups is 1. The van der Waals surface area contributed by atoms with Gasteiger partial charge in [-0.3, -0.25) is 0 Å². The molecule has 1 aromatic heterocycles. The van der Waals surface area contributed by atoms with Crippen molar-refractivity contribution in [2.45, 2.75) is 25.7 Å². The van der Waals surface area contributed by atoms with Gasteiger partial charge in [0, 0.05) is 17.5 Å². The van der Waals surface area contributed by atoms with E-state index in [4.69, 9.17) is 4.74 Å². The highest BCUT2D eigenvalue weighted by molar-refractivity contribution is 7.09. The van der Waals surface area contributed by atoms with Crippen molar-refractivity contribution in [3.63, 3.8) is 0 Å². The minimum Gasteiger partial charge on any atom is -0.389 e. The van der Waals surface area contributed by atoms with Crippen LogP contribution in [0.3, 0.4) is 0 Å². The summed E-state index contributed by atoms with van der Waals surface area (Å²) in [6, 6.07) is 10.4. The molecule has 114 valence electrons. The first-order valence-corrected chi connectivity index (χ1v) is 7.80. The monoisotopic (exact) mass is 309 g/mol. The maximum atomic E-state index is 12.8. The van der Waals surface area contributed by atoms with Crippen molar-refractivity contribution in [1.29, 1.82) is 0 Å². The molecule has 0 fully saturated rings. The normalized spacial score (nSPS) is 14.0. The number of halogens is 1. The SMILES string of the molecule is C[C@H](NCC(O)COCc1cccs1)c1ccc(F)cc1. The summed E-state index contributed by atoms with van der Waals surface area (Å²) < 4.78 is 18.3. The molecule has 1 heterocycles. The second-order valence-corrected chi connectivity index (χ2v) is 5.96. The van der Waals surface area contributed by atoms with Gasteiger partial charge in [-0.1, -0.05) is 18.2 Å². The minimum absolute atomic E-state index is 0.0533. The van der Waals surface area contributed by atoms with Gasteiger partial charge in [0.15, 0.2) is 0 Å². The van der Waals surface area contributed by atoms with E-state index in [-0.39, 0.29) is 11.9 Å². The molecule has 2 aromatic rings. The van der Waals surface area contributed by atoms with E-state index in [0.717, 1.165) is 10.4 Å². The van der Waals surface area contributed by atoms with Gasteiger partial charge in [-0.05, 0) is 36.1 Å². The summed E-state index contributed by atoms with van der Waals surface area (Å²) in [5.74, 6) is -0.243. The first kappa shape index (κ1) is 16.1. The zero-order valence-electron chi connectivity index (χ0n) is 12.0. The first-order valence-electron chi connectivity index (χ1n) is 6.92. The van der Waals surface area contributed by atoms with Gasteiger partial charge in [0.25, 0.3) is 0 Å². The van der Waals surface area contributed by atoms with Gasteiger partial charge in [-0.2, -0.15) is 0 Å². The standard InChI is InChI=1S/C16H20FNO2S/c1-12(13-4-6-14(17)7-5-13)18-9-15(19)10-20-11-16-3-2-8-21-16/h2-8,12,15,18-19H,9-11H2,1H3/t12-,15?/m0/s1. The van der Waals surface area contributed by atoms with Gasteiger partial charge in [-0.25, -0.2) is 4.39 Å². The molecule has 0 aliphatic rings. The number of aliphatic hydroxyl groups excluding tert-OH is 1. The van der Waals surface area contributed by atoms with Gasteiger partial charge in [0.1, 0.15) is 5.82 Å². The van der Waals surface area contributed by atoms with Crippen molar-refractivity contribution in [2.75, 3.05) is 13.2 Å². The lowest BCUT2D eigenvalue weighted by molar-refractivity contribution is 0.0288. The highest BCUT2D eigenvalue weighted by Gasteiger charge is 2.09. The Bertz CT molecular complexity index is 516. The molecule has 5 heteroatoms. The van der Waals surface area contributed by atoms with Crippen molar-refractivity contribution in [3.8, 4) is 0 Å².